The number of fused-ring (bicyclic) bond motifs is 1. The highest BCUT2D eigenvalue weighted by molar-refractivity contribution is 7.98. The zero-order chi connectivity index (χ0) is 13.2. The van der Waals surface area contributed by atoms with Gasteiger partial charge in [-0.05, 0) is 36.1 Å². The molecule has 0 spiro atoms. The first-order chi connectivity index (χ1) is 8.54. The number of nitrogens with one attached hydrogen (secondary N) is 1. The average molecular weight is 285 g/mol. The number of hydrogen-bond acceptors (Lipinski definition) is 4. The van der Waals surface area contributed by atoms with Gasteiger partial charge in [0.25, 0.3) is 0 Å². The van der Waals surface area contributed by atoms with Crippen LogP contribution >= 0.6 is 11.8 Å². The molecule has 0 aromatic heterocycles. The molecule has 1 aromatic carbocycles. The van der Waals surface area contributed by atoms with Crippen LogP contribution in [0.1, 0.15) is 18.5 Å². The van der Waals surface area contributed by atoms with E-state index in [1.165, 1.54) is 0 Å². The molecule has 0 bridgehead atoms. The highest BCUT2D eigenvalue weighted by atomic mass is 32.2. The predicted octanol–water partition coefficient (Wildman–Crippen LogP) is 2.10. The normalized spacial score (nSPS) is 22.7. The maximum atomic E-state index is 12.0. The Labute approximate surface area is 113 Å². The third kappa shape index (κ3) is 2.90. The molecule has 1 heterocycles. The monoisotopic (exact) mass is 285 g/mol. The van der Waals surface area contributed by atoms with Gasteiger partial charge in [-0.25, -0.2) is 8.42 Å². The topological polar surface area (TPSA) is 46.2 Å². The van der Waals surface area contributed by atoms with E-state index in [1.807, 2.05) is 23.9 Å². The molecule has 18 heavy (non-hydrogen) atoms. The molecule has 5 heteroatoms. The minimum absolute atomic E-state index is 0.0458. The lowest BCUT2D eigenvalue weighted by Crippen LogP contribution is -2.28. The van der Waals surface area contributed by atoms with Crippen LogP contribution in [0.25, 0.3) is 0 Å². The number of thioether (sulfide) groups is 1. The molecule has 0 saturated carbocycles. The second-order valence-corrected chi connectivity index (χ2v) is 7.75. The first-order valence-electron chi connectivity index (χ1n) is 6.08. The molecule has 2 rings (SSSR count). The average Bonchev–Trinajstić information content (AvgIpc) is 2.60. The predicted molar refractivity (Wildman–Crippen MR) is 76.8 cm³/mol. The number of benzene rings is 1. The molecule has 1 aliphatic rings. The summed E-state index contributed by atoms with van der Waals surface area (Å²) in [5, 5.41) is 3.39. The van der Waals surface area contributed by atoms with Crippen LogP contribution in [0.3, 0.4) is 0 Å². The van der Waals surface area contributed by atoms with Gasteiger partial charge in [-0.15, -0.1) is 0 Å². The van der Waals surface area contributed by atoms with E-state index < -0.39 is 9.84 Å². The first-order valence-corrected chi connectivity index (χ1v) is 9.13. The van der Waals surface area contributed by atoms with Crippen LogP contribution in [0.4, 0.5) is 0 Å². The summed E-state index contributed by atoms with van der Waals surface area (Å²) in [4.78, 5) is 0.500. The van der Waals surface area contributed by atoms with E-state index in [2.05, 4.69) is 18.5 Å². The van der Waals surface area contributed by atoms with E-state index in [1.54, 1.807) is 12.1 Å². The summed E-state index contributed by atoms with van der Waals surface area (Å²) in [7, 11) is -3.08. The fourth-order valence-corrected chi connectivity index (χ4v) is 4.76. The SMILES string of the molecule is CSCC(C)CNC1CS(=O)(=O)c2ccccc21. The van der Waals surface area contributed by atoms with Crippen LogP contribution in [0.15, 0.2) is 29.2 Å². The molecule has 1 aromatic rings. The quantitative estimate of drug-likeness (QED) is 0.900. The zero-order valence-corrected chi connectivity index (χ0v) is 12.4. The van der Waals surface area contributed by atoms with E-state index in [9.17, 15) is 8.42 Å². The van der Waals surface area contributed by atoms with Gasteiger partial charge in [0.05, 0.1) is 10.6 Å². The lowest BCUT2D eigenvalue weighted by atomic mass is 10.1. The van der Waals surface area contributed by atoms with Gasteiger partial charge >= 0.3 is 0 Å². The Balaban J connectivity index is 2.09. The van der Waals surface area contributed by atoms with E-state index in [-0.39, 0.29) is 11.8 Å². The van der Waals surface area contributed by atoms with Gasteiger partial charge in [0.2, 0.25) is 0 Å². The Hall–Kier alpha value is -0.520. The van der Waals surface area contributed by atoms with Crippen molar-refractivity contribution in [1.82, 2.24) is 5.32 Å². The Morgan fingerprint density at radius 3 is 2.89 bits per heavy atom. The second kappa shape index (κ2) is 5.63. The van der Waals surface area contributed by atoms with Gasteiger partial charge in [0.1, 0.15) is 0 Å². The molecule has 100 valence electrons. The molecule has 0 saturated heterocycles. The standard InChI is InChI=1S/C13H19NO2S2/c1-10(8-17-2)7-14-12-9-18(15,16)13-6-4-3-5-11(12)13/h3-6,10,12,14H,7-9H2,1-2H3. The molecular formula is C13H19NO2S2. The van der Waals surface area contributed by atoms with E-state index in [0.29, 0.717) is 10.8 Å². The Kier molecular flexibility index (Phi) is 4.35. The number of rotatable bonds is 5. The second-order valence-electron chi connectivity index (χ2n) is 4.84. The van der Waals surface area contributed by atoms with E-state index >= 15 is 0 Å². The molecule has 1 N–H and O–H groups in total. The Morgan fingerprint density at radius 1 is 1.44 bits per heavy atom. The highest BCUT2D eigenvalue weighted by Crippen LogP contribution is 2.32. The lowest BCUT2D eigenvalue weighted by Gasteiger charge is -2.16. The summed E-state index contributed by atoms with van der Waals surface area (Å²) in [5.41, 5.74) is 0.925. The van der Waals surface area contributed by atoms with Crippen molar-refractivity contribution in [1.29, 1.82) is 0 Å². The fourth-order valence-electron chi connectivity index (χ4n) is 2.31. The van der Waals surface area contributed by atoms with Gasteiger partial charge in [-0.2, -0.15) is 11.8 Å². The van der Waals surface area contributed by atoms with Gasteiger partial charge < -0.3 is 5.32 Å². The molecule has 2 unspecified atom stereocenters. The highest BCUT2D eigenvalue weighted by Gasteiger charge is 2.33. The largest absolute Gasteiger partial charge is 0.309 e. The molecule has 2 atom stereocenters. The molecule has 0 radical (unpaired) electrons. The van der Waals surface area contributed by atoms with Gasteiger partial charge in [0, 0.05) is 6.04 Å². The summed E-state index contributed by atoms with van der Waals surface area (Å²) in [6.45, 7) is 3.04. The van der Waals surface area contributed by atoms with E-state index in [4.69, 9.17) is 0 Å². The smallest absolute Gasteiger partial charge is 0.180 e. The summed E-state index contributed by atoms with van der Waals surface area (Å²) in [6.07, 6.45) is 2.09. The summed E-state index contributed by atoms with van der Waals surface area (Å²) in [6, 6.07) is 7.26. The maximum Gasteiger partial charge on any atom is 0.180 e. The van der Waals surface area contributed by atoms with Crippen molar-refractivity contribution in [3.8, 4) is 0 Å². The van der Waals surface area contributed by atoms with E-state index in [0.717, 1.165) is 17.9 Å². The van der Waals surface area contributed by atoms with Crippen LogP contribution in [0, 0.1) is 5.92 Å². The zero-order valence-electron chi connectivity index (χ0n) is 10.7. The minimum Gasteiger partial charge on any atom is -0.309 e. The summed E-state index contributed by atoms with van der Waals surface area (Å²) in [5.74, 6) is 1.84. The Morgan fingerprint density at radius 2 is 2.17 bits per heavy atom. The molecule has 0 fully saturated rings. The van der Waals surface area contributed by atoms with Crippen molar-refractivity contribution in [3.05, 3.63) is 29.8 Å². The molecule has 0 amide bonds. The summed E-state index contributed by atoms with van der Waals surface area (Å²) >= 11 is 1.82. The van der Waals surface area contributed by atoms with Crippen LogP contribution in [0.2, 0.25) is 0 Å². The molecule has 1 aliphatic heterocycles. The third-order valence-corrected chi connectivity index (χ3v) is 5.90. The van der Waals surface area contributed by atoms with Gasteiger partial charge in [-0.1, -0.05) is 25.1 Å². The molecule has 0 aliphatic carbocycles. The molecule has 3 nitrogen and oxygen atoms in total. The van der Waals surface area contributed by atoms with Crippen molar-refractivity contribution >= 4 is 21.6 Å². The third-order valence-electron chi connectivity index (χ3n) is 3.18. The Bertz CT molecular complexity index is 513. The fraction of sp³-hybridized carbons (Fsp3) is 0.538. The van der Waals surface area contributed by atoms with Crippen LogP contribution in [-0.4, -0.2) is 32.7 Å². The summed E-state index contributed by atoms with van der Waals surface area (Å²) < 4.78 is 24.0. The van der Waals surface area contributed by atoms with Crippen LogP contribution in [0.5, 0.6) is 0 Å². The van der Waals surface area contributed by atoms with Gasteiger partial charge in [-0.3, -0.25) is 0 Å². The maximum absolute atomic E-state index is 12.0. The minimum atomic E-state index is -3.08. The van der Waals surface area contributed by atoms with Crippen molar-refractivity contribution in [2.45, 2.75) is 17.9 Å². The van der Waals surface area contributed by atoms with Crippen molar-refractivity contribution in [2.75, 3.05) is 24.3 Å². The first kappa shape index (κ1) is 13.9. The number of hydrogen-bond donors (Lipinski definition) is 1. The van der Waals surface area contributed by atoms with Crippen LogP contribution in [-0.2, 0) is 9.84 Å². The lowest BCUT2D eigenvalue weighted by molar-refractivity contribution is 0.502. The van der Waals surface area contributed by atoms with Crippen molar-refractivity contribution in [2.24, 2.45) is 5.92 Å². The van der Waals surface area contributed by atoms with Gasteiger partial charge in [0.15, 0.2) is 9.84 Å². The molecular weight excluding hydrogens is 266 g/mol. The number of sulfone groups is 1. The van der Waals surface area contributed by atoms with Crippen molar-refractivity contribution in [3.63, 3.8) is 0 Å². The van der Waals surface area contributed by atoms with Crippen LogP contribution < -0.4 is 5.32 Å². The van der Waals surface area contributed by atoms with Crippen molar-refractivity contribution < 1.29 is 8.42 Å².